The van der Waals surface area contributed by atoms with Gasteiger partial charge in [-0.05, 0) is 22.3 Å². The zero-order valence-corrected chi connectivity index (χ0v) is 9.74. The van der Waals surface area contributed by atoms with Gasteiger partial charge in [0.05, 0.1) is 0 Å². The summed E-state index contributed by atoms with van der Waals surface area (Å²) >= 11 is 5.75. The maximum Gasteiger partial charge on any atom is 0.0474 e. The molecule has 0 unspecified atom stereocenters. The van der Waals surface area contributed by atoms with E-state index in [0.29, 0.717) is 5.88 Å². The molecular formula is C15H13Cl. The Morgan fingerprint density at radius 2 is 1.38 bits per heavy atom. The SMILES string of the molecule is C=Cc1ccc(-c2ccc(CCl)cc2)cc1. The molecule has 2 rings (SSSR count). The predicted octanol–water partition coefficient (Wildman–Crippen LogP) is 4.74. The van der Waals surface area contributed by atoms with Gasteiger partial charge in [0.2, 0.25) is 0 Å². The van der Waals surface area contributed by atoms with Crippen molar-refractivity contribution >= 4 is 17.7 Å². The fourth-order valence-corrected chi connectivity index (χ4v) is 1.78. The average molecular weight is 229 g/mol. The van der Waals surface area contributed by atoms with Crippen molar-refractivity contribution in [3.8, 4) is 11.1 Å². The first-order valence-corrected chi connectivity index (χ1v) is 5.74. The van der Waals surface area contributed by atoms with Gasteiger partial charge in [-0.1, -0.05) is 61.2 Å². The molecule has 0 nitrogen and oxygen atoms in total. The summed E-state index contributed by atoms with van der Waals surface area (Å²) in [6.45, 7) is 3.74. The molecule has 1 heteroatoms. The first kappa shape index (κ1) is 11.0. The predicted molar refractivity (Wildman–Crippen MR) is 71.5 cm³/mol. The van der Waals surface area contributed by atoms with Crippen molar-refractivity contribution in [3.63, 3.8) is 0 Å². The molecule has 0 saturated carbocycles. The molecule has 0 atom stereocenters. The van der Waals surface area contributed by atoms with E-state index in [-0.39, 0.29) is 0 Å². The largest absolute Gasteiger partial charge is 0.122 e. The Balaban J connectivity index is 2.31. The smallest absolute Gasteiger partial charge is 0.0474 e. The molecule has 0 aliphatic carbocycles. The number of halogens is 1. The fourth-order valence-electron chi connectivity index (χ4n) is 1.60. The van der Waals surface area contributed by atoms with Gasteiger partial charge in [-0.3, -0.25) is 0 Å². The lowest BCUT2D eigenvalue weighted by Gasteiger charge is -2.03. The van der Waals surface area contributed by atoms with Crippen LogP contribution in [0.25, 0.3) is 17.2 Å². The van der Waals surface area contributed by atoms with Gasteiger partial charge in [0.15, 0.2) is 0 Å². The van der Waals surface area contributed by atoms with Crippen LogP contribution < -0.4 is 0 Å². The highest BCUT2D eigenvalue weighted by molar-refractivity contribution is 6.17. The van der Waals surface area contributed by atoms with Gasteiger partial charge in [-0.25, -0.2) is 0 Å². The standard InChI is InChI=1S/C15H13Cl/c1-2-12-3-7-14(8-4-12)15-9-5-13(11-16)6-10-15/h2-10H,1,11H2. The Hall–Kier alpha value is -1.53. The van der Waals surface area contributed by atoms with Crippen LogP contribution in [0.2, 0.25) is 0 Å². The third kappa shape index (κ3) is 2.34. The van der Waals surface area contributed by atoms with Crippen LogP contribution in [0.4, 0.5) is 0 Å². The van der Waals surface area contributed by atoms with Gasteiger partial charge < -0.3 is 0 Å². The fraction of sp³-hybridized carbons (Fsp3) is 0.0667. The van der Waals surface area contributed by atoms with Crippen LogP contribution in [0.15, 0.2) is 55.1 Å². The van der Waals surface area contributed by atoms with Crippen LogP contribution >= 0.6 is 11.6 Å². The van der Waals surface area contributed by atoms with E-state index in [1.165, 1.54) is 11.1 Å². The minimum absolute atomic E-state index is 0.565. The summed E-state index contributed by atoms with van der Waals surface area (Å²) in [5, 5.41) is 0. The van der Waals surface area contributed by atoms with Crippen LogP contribution in [0.5, 0.6) is 0 Å². The van der Waals surface area contributed by atoms with E-state index in [4.69, 9.17) is 11.6 Å². The third-order valence-corrected chi connectivity index (χ3v) is 2.90. The van der Waals surface area contributed by atoms with E-state index in [1.807, 2.05) is 6.08 Å². The van der Waals surface area contributed by atoms with Crippen molar-refractivity contribution in [1.82, 2.24) is 0 Å². The van der Waals surface area contributed by atoms with Crippen LogP contribution in [0, 0.1) is 0 Å². The Morgan fingerprint density at radius 3 is 1.81 bits per heavy atom. The Morgan fingerprint density at radius 1 is 0.875 bits per heavy atom. The van der Waals surface area contributed by atoms with Crippen molar-refractivity contribution in [2.45, 2.75) is 5.88 Å². The third-order valence-electron chi connectivity index (χ3n) is 2.59. The lowest BCUT2D eigenvalue weighted by molar-refractivity contribution is 1.40. The van der Waals surface area contributed by atoms with Gasteiger partial charge in [0.1, 0.15) is 0 Å². The highest BCUT2D eigenvalue weighted by Gasteiger charge is 1.97. The average Bonchev–Trinajstić information content (AvgIpc) is 2.39. The molecule has 0 radical (unpaired) electrons. The second kappa shape index (κ2) is 5.00. The Kier molecular flexibility index (Phi) is 3.43. The molecule has 80 valence electrons. The van der Waals surface area contributed by atoms with Gasteiger partial charge in [-0.15, -0.1) is 11.6 Å². The molecule has 0 aliphatic heterocycles. The summed E-state index contributed by atoms with van der Waals surface area (Å²) < 4.78 is 0. The molecule has 0 bridgehead atoms. The van der Waals surface area contributed by atoms with Crippen molar-refractivity contribution in [2.24, 2.45) is 0 Å². The second-order valence-corrected chi connectivity index (χ2v) is 3.92. The molecule has 0 fully saturated rings. The zero-order chi connectivity index (χ0) is 11.4. The molecule has 0 aromatic heterocycles. The first-order valence-electron chi connectivity index (χ1n) is 5.21. The summed E-state index contributed by atoms with van der Waals surface area (Å²) in [5.74, 6) is 0.565. The Labute approximate surface area is 101 Å². The number of benzene rings is 2. The van der Waals surface area contributed by atoms with Gasteiger partial charge in [0.25, 0.3) is 0 Å². The maximum atomic E-state index is 5.75. The minimum Gasteiger partial charge on any atom is -0.122 e. The second-order valence-electron chi connectivity index (χ2n) is 3.66. The van der Waals surface area contributed by atoms with Gasteiger partial charge in [-0.2, -0.15) is 0 Å². The summed E-state index contributed by atoms with van der Waals surface area (Å²) in [7, 11) is 0. The van der Waals surface area contributed by atoms with E-state index in [2.05, 4.69) is 55.1 Å². The molecule has 2 aromatic carbocycles. The topological polar surface area (TPSA) is 0 Å². The normalized spacial score (nSPS) is 10.1. The molecule has 0 spiro atoms. The molecule has 0 heterocycles. The number of hydrogen-bond donors (Lipinski definition) is 0. The molecule has 16 heavy (non-hydrogen) atoms. The summed E-state index contributed by atoms with van der Waals surface area (Å²) in [5.41, 5.74) is 4.71. The quantitative estimate of drug-likeness (QED) is 0.666. The zero-order valence-electron chi connectivity index (χ0n) is 8.99. The highest BCUT2D eigenvalue weighted by Crippen LogP contribution is 2.21. The van der Waals surface area contributed by atoms with Crippen LogP contribution in [-0.4, -0.2) is 0 Å². The van der Waals surface area contributed by atoms with E-state index in [1.54, 1.807) is 0 Å². The lowest BCUT2D eigenvalue weighted by Crippen LogP contribution is -1.80. The summed E-state index contributed by atoms with van der Waals surface area (Å²) in [6.07, 6.45) is 1.85. The van der Waals surface area contributed by atoms with Crippen molar-refractivity contribution in [1.29, 1.82) is 0 Å². The number of rotatable bonds is 3. The summed E-state index contributed by atoms with van der Waals surface area (Å²) in [4.78, 5) is 0. The van der Waals surface area contributed by atoms with Crippen molar-refractivity contribution in [3.05, 3.63) is 66.2 Å². The van der Waals surface area contributed by atoms with E-state index < -0.39 is 0 Å². The lowest BCUT2D eigenvalue weighted by atomic mass is 10.0. The van der Waals surface area contributed by atoms with Crippen LogP contribution in [0.1, 0.15) is 11.1 Å². The van der Waals surface area contributed by atoms with E-state index in [0.717, 1.165) is 11.1 Å². The number of alkyl halides is 1. The van der Waals surface area contributed by atoms with Crippen molar-refractivity contribution in [2.75, 3.05) is 0 Å². The van der Waals surface area contributed by atoms with Gasteiger partial charge >= 0.3 is 0 Å². The van der Waals surface area contributed by atoms with Crippen LogP contribution in [0.3, 0.4) is 0 Å². The number of hydrogen-bond acceptors (Lipinski definition) is 0. The molecule has 2 aromatic rings. The van der Waals surface area contributed by atoms with E-state index >= 15 is 0 Å². The van der Waals surface area contributed by atoms with Gasteiger partial charge in [0, 0.05) is 5.88 Å². The molecular weight excluding hydrogens is 216 g/mol. The van der Waals surface area contributed by atoms with Crippen LogP contribution in [-0.2, 0) is 5.88 Å². The molecule has 0 aliphatic rings. The maximum absolute atomic E-state index is 5.75. The van der Waals surface area contributed by atoms with E-state index in [9.17, 15) is 0 Å². The highest BCUT2D eigenvalue weighted by atomic mass is 35.5. The minimum atomic E-state index is 0.565. The summed E-state index contributed by atoms with van der Waals surface area (Å²) in [6, 6.07) is 16.7. The first-order chi connectivity index (χ1) is 7.83. The molecule has 0 amide bonds. The Bertz CT molecular complexity index is 466. The molecule has 0 N–H and O–H groups in total. The monoisotopic (exact) mass is 228 g/mol. The van der Waals surface area contributed by atoms with Crippen molar-refractivity contribution < 1.29 is 0 Å². The molecule has 0 saturated heterocycles.